The lowest BCUT2D eigenvalue weighted by molar-refractivity contribution is -0.126. The van der Waals surface area contributed by atoms with E-state index in [0.717, 1.165) is 25.9 Å². The fourth-order valence-electron chi connectivity index (χ4n) is 1.99. The molecule has 3 nitrogen and oxygen atoms in total. The van der Waals surface area contributed by atoms with Gasteiger partial charge in [-0.1, -0.05) is 12.2 Å². The number of allylic oxidation sites excluding steroid dienone is 2. The number of ketones is 1. The Balaban J connectivity index is 1.93. The van der Waals surface area contributed by atoms with Gasteiger partial charge in [0.15, 0.2) is 0 Å². The van der Waals surface area contributed by atoms with Gasteiger partial charge < -0.3 is 10.6 Å². The highest BCUT2D eigenvalue weighted by Crippen LogP contribution is 2.18. The summed E-state index contributed by atoms with van der Waals surface area (Å²) in [7, 11) is 0. The molecule has 2 aliphatic heterocycles. The van der Waals surface area contributed by atoms with Crippen molar-refractivity contribution in [3.8, 4) is 0 Å². The van der Waals surface area contributed by atoms with Crippen LogP contribution in [0, 0.1) is 11.8 Å². The topological polar surface area (TPSA) is 41.1 Å². The van der Waals surface area contributed by atoms with E-state index in [0.29, 0.717) is 5.78 Å². The van der Waals surface area contributed by atoms with Crippen molar-refractivity contribution >= 4 is 5.78 Å². The second kappa shape index (κ2) is 4.31. The summed E-state index contributed by atoms with van der Waals surface area (Å²) in [6, 6.07) is 0. The van der Waals surface area contributed by atoms with E-state index < -0.39 is 0 Å². The Kier molecular flexibility index (Phi) is 2.87. The smallest absolute Gasteiger partial charge is 0.143 e. The average molecular weight is 192 g/mol. The molecule has 2 atom stereocenters. The minimum atomic E-state index is 0.179. The first-order chi connectivity index (χ1) is 6.88. The largest absolute Gasteiger partial charge is 0.390 e. The summed E-state index contributed by atoms with van der Waals surface area (Å²) in [5.74, 6) is 0.760. The Morgan fingerprint density at radius 1 is 1.00 bits per heavy atom. The molecule has 2 aliphatic rings. The van der Waals surface area contributed by atoms with E-state index in [1.165, 1.54) is 0 Å². The van der Waals surface area contributed by atoms with Crippen molar-refractivity contribution in [3.05, 3.63) is 24.6 Å². The molecule has 0 aromatic carbocycles. The van der Waals surface area contributed by atoms with Gasteiger partial charge in [0.2, 0.25) is 0 Å². The van der Waals surface area contributed by atoms with Crippen LogP contribution >= 0.6 is 0 Å². The van der Waals surface area contributed by atoms with Crippen molar-refractivity contribution in [2.24, 2.45) is 11.8 Å². The molecule has 2 rings (SSSR count). The minimum Gasteiger partial charge on any atom is -0.390 e. The van der Waals surface area contributed by atoms with Crippen molar-refractivity contribution < 1.29 is 4.79 Å². The first kappa shape index (κ1) is 9.31. The number of hydrogen-bond donors (Lipinski definition) is 2. The zero-order valence-corrected chi connectivity index (χ0v) is 8.20. The summed E-state index contributed by atoms with van der Waals surface area (Å²) >= 11 is 0. The highest BCUT2D eigenvalue weighted by molar-refractivity contribution is 5.84. The second-order valence-electron chi connectivity index (χ2n) is 3.89. The average Bonchev–Trinajstić information content (AvgIpc) is 2.30. The lowest BCUT2D eigenvalue weighted by Gasteiger charge is -2.24. The van der Waals surface area contributed by atoms with E-state index in [2.05, 4.69) is 10.6 Å². The normalized spacial score (nSPS) is 30.6. The van der Waals surface area contributed by atoms with Crippen LogP contribution in [0.25, 0.3) is 0 Å². The number of nitrogens with one attached hydrogen (secondary N) is 2. The number of carbonyl (C=O) groups is 1. The molecule has 2 N–H and O–H groups in total. The molecule has 0 bridgehead atoms. The van der Waals surface area contributed by atoms with Gasteiger partial charge in [0.25, 0.3) is 0 Å². The van der Waals surface area contributed by atoms with E-state index >= 15 is 0 Å². The van der Waals surface area contributed by atoms with Crippen LogP contribution < -0.4 is 10.6 Å². The van der Waals surface area contributed by atoms with E-state index in [1.54, 1.807) is 0 Å². The molecule has 0 amide bonds. The molecule has 2 heterocycles. The van der Waals surface area contributed by atoms with Crippen molar-refractivity contribution in [3.63, 3.8) is 0 Å². The fourth-order valence-corrected chi connectivity index (χ4v) is 1.99. The summed E-state index contributed by atoms with van der Waals surface area (Å²) in [5, 5.41) is 6.23. The summed E-state index contributed by atoms with van der Waals surface area (Å²) in [4.78, 5) is 12.0. The van der Waals surface area contributed by atoms with Gasteiger partial charge in [-0.25, -0.2) is 0 Å². The number of Topliss-reactive ketones (excluding diaryl/α,β-unsaturated/α-hetero) is 1. The molecule has 0 fully saturated rings. The summed E-state index contributed by atoms with van der Waals surface area (Å²) < 4.78 is 0. The molecule has 0 aromatic rings. The van der Waals surface area contributed by atoms with E-state index in [-0.39, 0.29) is 11.8 Å². The van der Waals surface area contributed by atoms with Gasteiger partial charge in [-0.05, 0) is 25.2 Å². The van der Waals surface area contributed by atoms with Gasteiger partial charge in [-0.3, -0.25) is 4.79 Å². The maximum Gasteiger partial charge on any atom is 0.143 e. The molecule has 0 saturated carbocycles. The van der Waals surface area contributed by atoms with E-state index in [4.69, 9.17) is 0 Å². The van der Waals surface area contributed by atoms with Gasteiger partial charge in [0.05, 0.1) is 0 Å². The van der Waals surface area contributed by atoms with Gasteiger partial charge in [0.1, 0.15) is 5.78 Å². The minimum absolute atomic E-state index is 0.179. The predicted molar refractivity (Wildman–Crippen MR) is 55.5 cm³/mol. The third-order valence-electron chi connectivity index (χ3n) is 2.85. The second-order valence-corrected chi connectivity index (χ2v) is 3.89. The molecule has 0 aliphatic carbocycles. The van der Waals surface area contributed by atoms with Crippen LogP contribution in [0.2, 0.25) is 0 Å². The van der Waals surface area contributed by atoms with E-state index in [9.17, 15) is 4.79 Å². The Hall–Kier alpha value is -1.25. The maximum absolute atomic E-state index is 12.0. The zero-order valence-electron chi connectivity index (χ0n) is 8.20. The van der Waals surface area contributed by atoms with Crippen LogP contribution in [0.4, 0.5) is 0 Å². The zero-order chi connectivity index (χ0) is 9.80. The van der Waals surface area contributed by atoms with Gasteiger partial charge in [-0.2, -0.15) is 0 Å². The van der Waals surface area contributed by atoms with Crippen LogP contribution in [0.5, 0.6) is 0 Å². The van der Waals surface area contributed by atoms with Gasteiger partial charge in [-0.15, -0.1) is 0 Å². The van der Waals surface area contributed by atoms with Crippen LogP contribution in [0.15, 0.2) is 24.6 Å². The quantitative estimate of drug-likeness (QED) is 0.680. The molecule has 0 spiro atoms. The molecule has 0 saturated heterocycles. The highest BCUT2D eigenvalue weighted by atomic mass is 16.1. The monoisotopic (exact) mass is 192 g/mol. The van der Waals surface area contributed by atoms with Crippen molar-refractivity contribution in [1.29, 1.82) is 0 Å². The van der Waals surface area contributed by atoms with Crippen LogP contribution in [-0.4, -0.2) is 18.9 Å². The van der Waals surface area contributed by atoms with Crippen LogP contribution in [-0.2, 0) is 4.79 Å². The van der Waals surface area contributed by atoms with Gasteiger partial charge >= 0.3 is 0 Å². The maximum atomic E-state index is 12.0. The molecule has 14 heavy (non-hydrogen) atoms. The summed E-state index contributed by atoms with van der Waals surface area (Å²) in [6.07, 6.45) is 9.74. The lowest BCUT2D eigenvalue weighted by atomic mass is 9.86. The lowest BCUT2D eigenvalue weighted by Crippen LogP contribution is -2.37. The third-order valence-corrected chi connectivity index (χ3v) is 2.85. The molecule has 0 radical (unpaired) electrons. The van der Waals surface area contributed by atoms with Crippen LogP contribution in [0.1, 0.15) is 12.8 Å². The molecule has 2 unspecified atom stereocenters. The van der Waals surface area contributed by atoms with Crippen molar-refractivity contribution in [2.45, 2.75) is 12.8 Å². The molecule has 3 heteroatoms. The van der Waals surface area contributed by atoms with Crippen LogP contribution in [0.3, 0.4) is 0 Å². The Morgan fingerprint density at radius 2 is 1.50 bits per heavy atom. The summed E-state index contributed by atoms with van der Waals surface area (Å²) in [6.45, 7) is 1.60. The van der Waals surface area contributed by atoms with Crippen molar-refractivity contribution in [1.82, 2.24) is 10.6 Å². The summed E-state index contributed by atoms with van der Waals surface area (Å²) in [5.41, 5.74) is 0. The van der Waals surface area contributed by atoms with E-state index in [1.807, 2.05) is 24.6 Å². The number of rotatable bonds is 2. The predicted octanol–water partition coefficient (Wildman–Crippen LogP) is 0.802. The Labute approximate surface area is 84.3 Å². The Bertz CT molecular complexity index is 244. The standard InChI is InChI=1S/C11H16N2O/c14-11(9-3-1-5-12-7-9)10-4-2-6-13-8-10/h1-2,5-6,9-10,12-13H,3-4,7-8H2. The molecular formula is C11H16N2O. The first-order valence-electron chi connectivity index (χ1n) is 5.18. The Morgan fingerprint density at radius 3 is 1.86 bits per heavy atom. The first-order valence-corrected chi connectivity index (χ1v) is 5.18. The molecular weight excluding hydrogens is 176 g/mol. The molecule has 0 aromatic heterocycles. The number of carbonyl (C=O) groups excluding carboxylic acids is 1. The third kappa shape index (κ3) is 1.97. The van der Waals surface area contributed by atoms with Crippen molar-refractivity contribution in [2.75, 3.05) is 13.1 Å². The molecule has 76 valence electrons. The fraction of sp³-hybridized carbons (Fsp3) is 0.545. The SMILES string of the molecule is O=C(C1CC=CNC1)C1CC=CNC1. The highest BCUT2D eigenvalue weighted by Gasteiger charge is 2.26. The number of hydrogen-bond acceptors (Lipinski definition) is 3. The van der Waals surface area contributed by atoms with Gasteiger partial charge in [0, 0.05) is 24.9 Å².